The van der Waals surface area contributed by atoms with Gasteiger partial charge in [-0.25, -0.2) is 0 Å². The molecule has 0 radical (unpaired) electrons. The molecule has 0 amide bonds. The molecule has 0 aliphatic rings. The van der Waals surface area contributed by atoms with Gasteiger partial charge >= 0.3 is 0 Å². The van der Waals surface area contributed by atoms with Gasteiger partial charge in [-0.1, -0.05) is 81.9 Å². The Balaban J connectivity index is 1.77. The topological polar surface area (TPSA) is 0 Å². The van der Waals surface area contributed by atoms with Crippen LogP contribution in [0.1, 0.15) is 0 Å². The third-order valence-electron chi connectivity index (χ3n) is 19.4. The molecule has 8 rings (SSSR count). The van der Waals surface area contributed by atoms with Gasteiger partial charge in [0.05, 0.1) is 0 Å². The van der Waals surface area contributed by atoms with E-state index in [4.69, 9.17) is 0 Å². The number of fused-ring (bicyclic) bond motifs is 4. The van der Waals surface area contributed by atoms with E-state index in [1.54, 1.807) is 0 Å². The van der Waals surface area contributed by atoms with Crippen LogP contribution in [0.4, 0.5) is 0 Å². The average Bonchev–Trinajstić information content (AvgIpc) is 3.28. The molecule has 0 nitrogen and oxygen atoms in total. The van der Waals surface area contributed by atoms with E-state index in [1.807, 2.05) is 0 Å². The number of hydrogen-bond donors (Lipinski definition) is 0. The first-order valence-electron chi connectivity index (χ1n) is 24.8. The summed E-state index contributed by atoms with van der Waals surface area (Å²) in [5, 5.41) is 11.4. The second kappa shape index (κ2) is 16.6. The van der Waals surface area contributed by atoms with Crippen molar-refractivity contribution in [1.82, 2.24) is 0 Å². The summed E-state index contributed by atoms with van der Waals surface area (Å²) < 4.78 is 0. The van der Waals surface area contributed by atoms with Gasteiger partial charge in [0, 0.05) is 0 Å². The van der Waals surface area contributed by atoms with Crippen molar-refractivity contribution < 1.29 is 0 Å². The lowest BCUT2D eigenvalue weighted by molar-refractivity contribution is 1.84. The van der Waals surface area contributed by atoms with Crippen molar-refractivity contribution in [2.24, 2.45) is 0 Å². The van der Waals surface area contributed by atoms with E-state index in [9.17, 15) is 0 Å². The molecule has 66 heavy (non-hydrogen) atoms. The Morgan fingerprint density at radius 1 is 0.0909 bits per heavy atom. The van der Waals surface area contributed by atoms with Crippen LogP contribution in [0.15, 0.2) is 0 Å². The second-order valence-electron chi connectivity index (χ2n) is 21.5. The average molecular weight is 814 g/mol. The Morgan fingerprint density at radius 3 is 0.530 bits per heavy atom. The zero-order valence-corrected chi connectivity index (χ0v) is 46.0. The largest absolute Gasteiger partial charge is 0.140 e. The smallest absolute Gasteiger partial charge is 0.102 e. The van der Waals surface area contributed by atoms with E-state index in [1.165, 1.54) is 219 Å². The highest BCUT2D eigenvalue weighted by atomic mass is 14.3. The predicted octanol–water partition coefficient (Wildman–Crippen LogP) is -34.0. The molecule has 0 saturated carbocycles. The molecule has 0 unspecified atom stereocenters. The Morgan fingerprint density at radius 2 is 0.227 bits per heavy atom. The zero-order valence-electron chi connectivity index (χ0n) is 46.0. The van der Waals surface area contributed by atoms with Crippen molar-refractivity contribution in [2.45, 2.75) is 0 Å². The van der Waals surface area contributed by atoms with Gasteiger partial charge in [0.15, 0.2) is 0 Å². The molecule has 0 aliphatic heterocycles. The van der Waals surface area contributed by atoms with Gasteiger partial charge in [0.1, 0.15) is 204 Å². The molecule has 290 valence electrons. The molecular formula is C40H52B26. The van der Waals surface area contributed by atoms with Gasteiger partial charge in [-0.3, -0.25) is 0 Å². The summed E-state index contributed by atoms with van der Waals surface area (Å²) in [4.78, 5) is 0. The Bertz CT molecular complexity index is 3540. The number of hydrogen-bond acceptors (Lipinski definition) is 0. The van der Waals surface area contributed by atoms with Crippen LogP contribution in [0.3, 0.4) is 0 Å². The van der Waals surface area contributed by atoms with E-state index in [2.05, 4.69) is 204 Å². The highest BCUT2D eigenvalue weighted by Gasteiger charge is 2.31. The van der Waals surface area contributed by atoms with Crippen LogP contribution in [-0.4, -0.2) is 204 Å². The summed E-state index contributed by atoms with van der Waals surface area (Å²) in [6.45, 7) is 0. The van der Waals surface area contributed by atoms with Crippen molar-refractivity contribution in [3.8, 4) is 33.4 Å². The summed E-state index contributed by atoms with van der Waals surface area (Å²) in [6, 6.07) is 0. The molecular weight excluding hydrogens is 762 g/mol. The van der Waals surface area contributed by atoms with Crippen LogP contribution < -0.4 is 142 Å². The molecule has 8 aromatic carbocycles. The summed E-state index contributed by atoms with van der Waals surface area (Å²) in [6.07, 6.45) is 0. The molecule has 26 heteroatoms. The normalized spacial score (nSPS) is 11.7. The number of benzene rings is 8. The fraction of sp³-hybridized carbons (Fsp3) is 0. The minimum atomic E-state index is 1.39. The maximum absolute atomic E-state index is 2.47. The first kappa shape index (κ1) is 48.9. The fourth-order valence-corrected chi connectivity index (χ4v) is 13.2. The Kier molecular flexibility index (Phi) is 12.3. The maximum atomic E-state index is 2.47. The molecule has 0 N–H and O–H groups in total. The van der Waals surface area contributed by atoms with Crippen molar-refractivity contribution in [1.29, 1.82) is 0 Å². The van der Waals surface area contributed by atoms with Crippen LogP contribution >= 0.6 is 0 Å². The van der Waals surface area contributed by atoms with Crippen LogP contribution in [-0.2, 0) is 0 Å². The molecule has 8 aromatic rings. The van der Waals surface area contributed by atoms with Crippen LogP contribution in [0, 0.1) is 0 Å². The van der Waals surface area contributed by atoms with Gasteiger partial charge < -0.3 is 0 Å². The van der Waals surface area contributed by atoms with Gasteiger partial charge in [-0.2, -0.15) is 0 Å². The molecule has 0 aromatic heterocycles. The molecule has 0 saturated heterocycles. The SMILES string of the molecule is Bc1c(B)c(B)c(-c2c3c(B)c(B)c(B)c(B)c3c(-c3c(B)c(B)c(-c4c(B)c(B)c5c(B)c(B)c(B)c(B)c5c4B)c4c(B)c(B)c(B)c(B)c34)c3c(B)c(B)c(B)c(B)c23)c(B)c1B. The lowest BCUT2D eigenvalue weighted by atomic mass is 9.55. The molecule has 0 heterocycles. The first-order chi connectivity index (χ1) is 30.7. The highest BCUT2D eigenvalue weighted by molar-refractivity contribution is 6.77. The van der Waals surface area contributed by atoms with Crippen molar-refractivity contribution >= 4 is 389 Å². The van der Waals surface area contributed by atoms with Gasteiger partial charge in [0.2, 0.25) is 0 Å². The van der Waals surface area contributed by atoms with Gasteiger partial charge in [0.25, 0.3) is 0 Å². The quantitative estimate of drug-likeness (QED) is 0.123. The third kappa shape index (κ3) is 6.29. The Hall–Kier alpha value is -3.51. The fourth-order valence-electron chi connectivity index (χ4n) is 13.2. The van der Waals surface area contributed by atoms with Crippen molar-refractivity contribution in [3.05, 3.63) is 0 Å². The predicted molar refractivity (Wildman–Crippen MR) is 385 cm³/mol. The molecule has 0 spiro atoms. The van der Waals surface area contributed by atoms with Crippen molar-refractivity contribution in [3.63, 3.8) is 0 Å². The van der Waals surface area contributed by atoms with Crippen molar-refractivity contribution in [2.75, 3.05) is 0 Å². The van der Waals surface area contributed by atoms with Gasteiger partial charge in [-0.15, -0.1) is 60.1 Å². The minimum absolute atomic E-state index is 1.39. The monoisotopic (exact) mass is 819 g/mol. The van der Waals surface area contributed by atoms with Crippen LogP contribution in [0.2, 0.25) is 0 Å². The van der Waals surface area contributed by atoms with E-state index >= 15 is 0 Å². The molecule has 0 bridgehead atoms. The number of rotatable bonds is 3. The summed E-state index contributed by atoms with van der Waals surface area (Å²) in [7, 11) is 62.1. The molecule has 0 atom stereocenters. The molecule has 0 fully saturated rings. The van der Waals surface area contributed by atoms with E-state index < -0.39 is 0 Å². The standard InChI is InChI=1S/C40H52B26/c41-15-12(24(50)25(51)14-13(15)28(54)36(62)37(63)29(14)55)10-9-8(22(48)34(60)35(61)23(9)49)5(16(42)17(10)43)1-3-6(20(46)32(58)30(56)18(3)44)2(7-4(1)19(45)31(57)33(59)21(7)47)11-26(52)38(64)40(66)39(65)27(11)53/h41-66H2. The summed E-state index contributed by atoms with van der Waals surface area (Å²) in [5.74, 6) is 0. The summed E-state index contributed by atoms with van der Waals surface area (Å²) in [5.41, 5.74) is 45.1. The lowest BCUT2D eigenvalue weighted by Gasteiger charge is -2.33. The highest BCUT2D eigenvalue weighted by Crippen LogP contribution is 2.41. The van der Waals surface area contributed by atoms with E-state index in [-0.39, 0.29) is 0 Å². The third-order valence-corrected chi connectivity index (χ3v) is 19.4. The summed E-state index contributed by atoms with van der Waals surface area (Å²) >= 11 is 0. The van der Waals surface area contributed by atoms with Crippen LogP contribution in [0.5, 0.6) is 0 Å². The maximum Gasteiger partial charge on any atom is 0.140 e. The first-order valence-corrected chi connectivity index (χ1v) is 24.8. The lowest BCUT2D eigenvalue weighted by Crippen LogP contribution is -2.55. The van der Waals surface area contributed by atoms with Gasteiger partial charge in [-0.05, 0) is 76.5 Å². The van der Waals surface area contributed by atoms with E-state index in [0.717, 1.165) is 0 Å². The van der Waals surface area contributed by atoms with E-state index in [0.29, 0.717) is 0 Å². The zero-order chi connectivity index (χ0) is 49.1. The second-order valence-corrected chi connectivity index (χ2v) is 21.5. The Labute approximate surface area is 419 Å². The van der Waals surface area contributed by atoms with Crippen LogP contribution in [0.25, 0.3) is 76.5 Å². The minimum Gasteiger partial charge on any atom is -0.102 e. The molecule has 0 aliphatic carbocycles.